The maximum Gasteiger partial charge on any atom is 0.320 e. The van der Waals surface area contributed by atoms with Crippen molar-refractivity contribution >= 4 is 23.4 Å². The van der Waals surface area contributed by atoms with Crippen molar-refractivity contribution in [3.8, 4) is 0 Å². The van der Waals surface area contributed by atoms with E-state index in [1.807, 2.05) is 12.1 Å². The SMILES string of the molecule is Nc1cccc(C(=O)NOCC2CCCC2)c1Cc1ccnc(NC(=O)NC2CCCCC2)c1. The Kier molecular flexibility index (Phi) is 8.36. The summed E-state index contributed by atoms with van der Waals surface area (Å²) in [7, 11) is 0. The van der Waals surface area contributed by atoms with Crippen LogP contribution in [0.5, 0.6) is 0 Å². The highest BCUT2D eigenvalue weighted by Gasteiger charge is 2.19. The van der Waals surface area contributed by atoms with E-state index >= 15 is 0 Å². The van der Waals surface area contributed by atoms with Gasteiger partial charge in [-0.15, -0.1) is 0 Å². The highest BCUT2D eigenvalue weighted by Crippen LogP contribution is 2.25. The predicted octanol–water partition coefficient (Wildman–Crippen LogP) is 4.56. The van der Waals surface area contributed by atoms with Crippen LogP contribution < -0.4 is 21.8 Å². The van der Waals surface area contributed by atoms with Gasteiger partial charge in [0.2, 0.25) is 0 Å². The topological polar surface area (TPSA) is 118 Å². The minimum absolute atomic E-state index is 0.220. The zero-order chi connectivity index (χ0) is 23.8. The lowest BCUT2D eigenvalue weighted by Gasteiger charge is -2.22. The number of aromatic nitrogens is 1. The second-order valence-corrected chi connectivity index (χ2v) is 9.43. The molecule has 5 N–H and O–H groups in total. The second kappa shape index (κ2) is 11.8. The van der Waals surface area contributed by atoms with Crippen LogP contribution in [0.25, 0.3) is 0 Å². The van der Waals surface area contributed by atoms with Crippen molar-refractivity contribution in [2.24, 2.45) is 5.92 Å². The third-order valence-corrected chi connectivity index (χ3v) is 6.80. The summed E-state index contributed by atoms with van der Waals surface area (Å²) < 4.78 is 0. The van der Waals surface area contributed by atoms with Gasteiger partial charge in [0.05, 0.1) is 6.61 Å². The van der Waals surface area contributed by atoms with Crippen molar-refractivity contribution in [3.05, 3.63) is 53.2 Å². The molecule has 8 heteroatoms. The molecule has 2 aromatic rings. The molecular formula is C26H35N5O3. The molecule has 0 unspecified atom stereocenters. The Bertz CT molecular complexity index is 984. The number of nitrogen functional groups attached to an aromatic ring is 1. The van der Waals surface area contributed by atoms with E-state index < -0.39 is 0 Å². The minimum atomic E-state index is -0.306. The Morgan fingerprint density at radius 2 is 1.79 bits per heavy atom. The molecule has 1 aromatic heterocycles. The van der Waals surface area contributed by atoms with Crippen molar-refractivity contribution < 1.29 is 14.4 Å². The summed E-state index contributed by atoms with van der Waals surface area (Å²) in [5.41, 5.74) is 11.4. The highest BCUT2D eigenvalue weighted by atomic mass is 16.6. The first kappa shape index (κ1) is 24.0. The van der Waals surface area contributed by atoms with E-state index in [4.69, 9.17) is 10.6 Å². The average molecular weight is 466 g/mol. The lowest BCUT2D eigenvalue weighted by Crippen LogP contribution is -2.39. The first-order valence-corrected chi connectivity index (χ1v) is 12.4. The maximum absolute atomic E-state index is 12.8. The van der Waals surface area contributed by atoms with Gasteiger partial charge in [-0.1, -0.05) is 38.2 Å². The van der Waals surface area contributed by atoms with Gasteiger partial charge in [-0.05, 0) is 67.0 Å². The van der Waals surface area contributed by atoms with Crippen molar-refractivity contribution in [3.63, 3.8) is 0 Å². The molecule has 0 atom stereocenters. The normalized spacial score (nSPS) is 16.8. The average Bonchev–Trinajstić information content (AvgIpc) is 3.35. The molecule has 1 heterocycles. The third-order valence-electron chi connectivity index (χ3n) is 6.80. The fourth-order valence-electron chi connectivity index (χ4n) is 4.91. The van der Waals surface area contributed by atoms with E-state index in [2.05, 4.69) is 21.1 Å². The summed E-state index contributed by atoms with van der Waals surface area (Å²) in [4.78, 5) is 35.0. The number of rotatable bonds is 8. The van der Waals surface area contributed by atoms with Crippen LogP contribution in [0.4, 0.5) is 16.3 Å². The van der Waals surface area contributed by atoms with E-state index in [9.17, 15) is 9.59 Å². The molecular weight excluding hydrogens is 430 g/mol. The van der Waals surface area contributed by atoms with Crippen molar-refractivity contribution in [2.75, 3.05) is 17.7 Å². The van der Waals surface area contributed by atoms with Gasteiger partial charge in [-0.25, -0.2) is 15.3 Å². The number of benzene rings is 1. The molecule has 182 valence electrons. The summed E-state index contributed by atoms with van der Waals surface area (Å²) in [6.07, 6.45) is 12.4. The molecule has 0 saturated heterocycles. The first-order valence-electron chi connectivity index (χ1n) is 12.4. The van der Waals surface area contributed by atoms with Gasteiger partial charge in [0.15, 0.2) is 0 Å². The number of carbonyl (C=O) groups excluding carboxylic acids is 2. The zero-order valence-corrected chi connectivity index (χ0v) is 19.6. The zero-order valence-electron chi connectivity index (χ0n) is 19.6. The Labute approximate surface area is 201 Å². The molecule has 4 rings (SSSR count). The molecule has 2 fully saturated rings. The quantitative estimate of drug-likeness (QED) is 0.337. The fourth-order valence-corrected chi connectivity index (χ4v) is 4.91. The molecule has 0 bridgehead atoms. The Morgan fingerprint density at radius 1 is 1.03 bits per heavy atom. The van der Waals surface area contributed by atoms with Gasteiger partial charge >= 0.3 is 6.03 Å². The van der Waals surface area contributed by atoms with Crippen molar-refractivity contribution in [1.29, 1.82) is 0 Å². The largest absolute Gasteiger partial charge is 0.398 e. The molecule has 2 saturated carbocycles. The molecule has 2 aliphatic carbocycles. The molecule has 8 nitrogen and oxygen atoms in total. The number of anilines is 2. The van der Waals surface area contributed by atoms with Crippen molar-refractivity contribution in [1.82, 2.24) is 15.8 Å². The van der Waals surface area contributed by atoms with Crippen LogP contribution in [0, 0.1) is 5.92 Å². The number of hydroxylamine groups is 1. The molecule has 3 amide bonds. The number of amides is 3. The summed E-state index contributed by atoms with van der Waals surface area (Å²) in [6, 6.07) is 8.94. The van der Waals surface area contributed by atoms with E-state index in [-0.39, 0.29) is 18.0 Å². The standard InChI is InChI=1S/C26H35N5O3/c27-23-12-6-11-21(25(32)31-34-17-18-7-4-5-8-18)22(23)15-19-13-14-28-24(16-19)30-26(33)29-20-9-2-1-3-10-20/h6,11-14,16,18,20H,1-5,7-10,15,17,27H2,(H,31,32)(H2,28,29,30,33). The number of pyridine rings is 1. The molecule has 1 aromatic carbocycles. The second-order valence-electron chi connectivity index (χ2n) is 9.43. The van der Waals surface area contributed by atoms with Gasteiger partial charge in [0, 0.05) is 29.9 Å². The summed E-state index contributed by atoms with van der Waals surface area (Å²) in [6.45, 7) is 0.533. The Morgan fingerprint density at radius 3 is 2.59 bits per heavy atom. The summed E-state index contributed by atoms with van der Waals surface area (Å²) in [5, 5.41) is 5.86. The van der Waals surface area contributed by atoms with Crippen LogP contribution >= 0.6 is 0 Å². The summed E-state index contributed by atoms with van der Waals surface area (Å²) in [5.74, 6) is 0.671. The Hall–Kier alpha value is -3.13. The van der Waals surface area contributed by atoms with Crippen LogP contribution in [-0.4, -0.2) is 29.6 Å². The molecule has 0 aliphatic heterocycles. The monoisotopic (exact) mass is 465 g/mol. The van der Waals surface area contributed by atoms with E-state index in [1.54, 1.807) is 24.4 Å². The van der Waals surface area contributed by atoms with Crippen LogP contribution in [-0.2, 0) is 11.3 Å². The van der Waals surface area contributed by atoms with Gasteiger partial charge in [0.1, 0.15) is 5.82 Å². The lowest BCUT2D eigenvalue weighted by atomic mass is 9.96. The minimum Gasteiger partial charge on any atom is -0.398 e. The predicted molar refractivity (Wildman–Crippen MR) is 132 cm³/mol. The smallest absolute Gasteiger partial charge is 0.320 e. The van der Waals surface area contributed by atoms with Crippen LogP contribution in [0.3, 0.4) is 0 Å². The van der Waals surface area contributed by atoms with Gasteiger partial charge in [-0.3, -0.25) is 14.9 Å². The molecule has 0 radical (unpaired) electrons. The van der Waals surface area contributed by atoms with E-state index in [1.165, 1.54) is 19.3 Å². The van der Waals surface area contributed by atoms with Gasteiger partial charge in [-0.2, -0.15) is 0 Å². The van der Waals surface area contributed by atoms with Crippen LogP contribution in [0.2, 0.25) is 0 Å². The number of hydrogen-bond acceptors (Lipinski definition) is 5. The number of urea groups is 1. The van der Waals surface area contributed by atoms with Crippen LogP contribution in [0.1, 0.15) is 79.3 Å². The van der Waals surface area contributed by atoms with E-state index in [0.717, 1.165) is 44.1 Å². The number of nitrogens with two attached hydrogens (primary N) is 1. The molecule has 2 aliphatic rings. The first-order chi connectivity index (χ1) is 16.6. The van der Waals surface area contributed by atoms with Gasteiger partial charge in [0.25, 0.3) is 5.91 Å². The third kappa shape index (κ3) is 6.70. The van der Waals surface area contributed by atoms with Gasteiger partial charge < -0.3 is 11.1 Å². The van der Waals surface area contributed by atoms with Crippen LogP contribution in [0.15, 0.2) is 36.5 Å². The lowest BCUT2D eigenvalue weighted by molar-refractivity contribution is 0.0171. The fraction of sp³-hybridized carbons (Fsp3) is 0.500. The maximum atomic E-state index is 12.8. The number of carbonyl (C=O) groups is 2. The molecule has 0 spiro atoms. The molecule has 34 heavy (non-hydrogen) atoms. The number of nitrogens with zero attached hydrogens (tertiary/aromatic N) is 1. The highest BCUT2D eigenvalue weighted by molar-refractivity contribution is 5.96. The van der Waals surface area contributed by atoms with Crippen molar-refractivity contribution in [2.45, 2.75) is 70.3 Å². The van der Waals surface area contributed by atoms with E-state index in [0.29, 0.717) is 41.6 Å². The Balaban J connectivity index is 1.38. The number of hydrogen-bond donors (Lipinski definition) is 4. The number of nitrogens with one attached hydrogen (secondary N) is 3. The summed E-state index contributed by atoms with van der Waals surface area (Å²) >= 11 is 0.